The molecular weight excluding hydrogens is 333 g/mol. The summed E-state index contributed by atoms with van der Waals surface area (Å²) in [6.07, 6.45) is 0. The van der Waals surface area contributed by atoms with E-state index in [-0.39, 0.29) is 23.2 Å². The number of hydrogen-bond acceptors (Lipinski definition) is 3. The van der Waals surface area contributed by atoms with Crippen LogP contribution >= 0.6 is 11.6 Å². The van der Waals surface area contributed by atoms with Crippen LogP contribution in [0.3, 0.4) is 0 Å². The molecule has 0 aliphatic carbocycles. The molecule has 0 saturated carbocycles. The van der Waals surface area contributed by atoms with Crippen LogP contribution in [0.25, 0.3) is 0 Å². The molecule has 122 valence electrons. The zero-order valence-corrected chi connectivity index (χ0v) is 12.4. The Labute approximate surface area is 135 Å². The lowest BCUT2D eigenvalue weighted by molar-refractivity contribution is -0.114. The van der Waals surface area contributed by atoms with Gasteiger partial charge in [0.15, 0.2) is 0 Å². The number of nitrogens with one attached hydrogen (secondary N) is 2. The van der Waals surface area contributed by atoms with E-state index in [2.05, 4.69) is 15.4 Å². The van der Waals surface area contributed by atoms with E-state index in [1.165, 1.54) is 36.4 Å². The Morgan fingerprint density at radius 3 is 2.48 bits per heavy atom. The van der Waals surface area contributed by atoms with E-state index in [1.807, 2.05) is 0 Å². The molecule has 0 aromatic heterocycles. The van der Waals surface area contributed by atoms with Crippen molar-refractivity contribution < 1.29 is 22.7 Å². The number of amides is 1. The maximum Gasteiger partial charge on any atom is 0.387 e. The minimum atomic E-state index is -2.90. The minimum Gasteiger partial charge on any atom is -0.435 e. The number of rotatable bonds is 6. The van der Waals surface area contributed by atoms with Crippen LogP contribution in [-0.2, 0) is 4.79 Å². The summed E-state index contributed by atoms with van der Waals surface area (Å²) >= 11 is 5.82. The number of benzene rings is 2. The average molecular weight is 345 g/mol. The highest BCUT2D eigenvalue weighted by Gasteiger charge is 2.07. The van der Waals surface area contributed by atoms with Gasteiger partial charge < -0.3 is 15.4 Å². The molecule has 0 spiro atoms. The van der Waals surface area contributed by atoms with Crippen molar-refractivity contribution in [2.75, 3.05) is 17.2 Å². The largest absolute Gasteiger partial charge is 0.435 e. The van der Waals surface area contributed by atoms with Gasteiger partial charge in [0.2, 0.25) is 5.91 Å². The van der Waals surface area contributed by atoms with Gasteiger partial charge in [-0.05, 0) is 42.5 Å². The van der Waals surface area contributed by atoms with Crippen molar-refractivity contribution in [2.45, 2.75) is 6.61 Å². The molecule has 0 atom stereocenters. The molecule has 2 N–H and O–H groups in total. The molecular formula is C15H12ClF3N2O2. The molecule has 4 nitrogen and oxygen atoms in total. The second-order valence-electron chi connectivity index (χ2n) is 4.43. The molecule has 0 bridgehead atoms. The van der Waals surface area contributed by atoms with E-state index in [0.717, 1.165) is 6.07 Å². The molecule has 1 amide bonds. The fraction of sp³-hybridized carbons (Fsp3) is 0.133. The lowest BCUT2D eigenvalue weighted by atomic mass is 10.3. The summed E-state index contributed by atoms with van der Waals surface area (Å²) < 4.78 is 41.1. The zero-order valence-electron chi connectivity index (χ0n) is 11.7. The van der Waals surface area contributed by atoms with Crippen LogP contribution < -0.4 is 15.4 Å². The van der Waals surface area contributed by atoms with Crippen LogP contribution in [0.5, 0.6) is 5.75 Å². The van der Waals surface area contributed by atoms with Gasteiger partial charge in [0.1, 0.15) is 11.6 Å². The third kappa shape index (κ3) is 5.37. The first-order chi connectivity index (χ1) is 10.9. The SMILES string of the molecule is O=C(CNc1ccc(F)cc1Cl)Nc1ccc(OC(F)F)cc1. The van der Waals surface area contributed by atoms with Crippen LogP contribution in [0.1, 0.15) is 0 Å². The zero-order chi connectivity index (χ0) is 16.8. The molecule has 0 radical (unpaired) electrons. The molecule has 0 unspecified atom stereocenters. The van der Waals surface area contributed by atoms with Crippen molar-refractivity contribution in [3.05, 3.63) is 53.3 Å². The lowest BCUT2D eigenvalue weighted by Gasteiger charge is -2.10. The van der Waals surface area contributed by atoms with Crippen molar-refractivity contribution in [3.63, 3.8) is 0 Å². The van der Waals surface area contributed by atoms with Crippen LogP contribution in [0.15, 0.2) is 42.5 Å². The third-order valence-corrected chi connectivity index (χ3v) is 3.05. The highest BCUT2D eigenvalue weighted by Crippen LogP contribution is 2.22. The van der Waals surface area contributed by atoms with E-state index >= 15 is 0 Å². The first-order valence-corrected chi connectivity index (χ1v) is 6.85. The minimum absolute atomic E-state index is 0.00535. The van der Waals surface area contributed by atoms with E-state index in [4.69, 9.17) is 11.6 Å². The molecule has 8 heteroatoms. The quantitative estimate of drug-likeness (QED) is 0.828. The number of hydrogen-bond donors (Lipinski definition) is 2. The van der Waals surface area contributed by atoms with Gasteiger partial charge in [-0.2, -0.15) is 8.78 Å². The predicted octanol–water partition coefficient (Wildman–Crippen LogP) is 4.13. The second kappa shape index (κ2) is 7.73. The Bertz CT molecular complexity index is 681. The van der Waals surface area contributed by atoms with Crippen molar-refractivity contribution in [3.8, 4) is 5.75 Å². The van der Waals surface area contributed by atoms with Gasteiger partial charge in [0.05, 0.1) is 17.3 Å². The molecule has 2 aromatic rings. The number of halogens is 4. The van der Waals surface area contributed by atoms with Crippen LogP contribution in [0.2, 0.25) is 5.02 Å². The third-order valence-electron chi connectivity index (χ3n) is 2.73. The topological polar surface area (TPSA) is 50.4 Å². The highest BCUT2D eigenvalue weighted by atomic mass is 35.5. The molecule has 2 aromatic carbocycles. The first-order valence-electron chi connectivity index (χ1n) is 6.47. The summed E-state index contributed by atoms with van der Waals surface area (Å²) in [5.41, 5.74) is 0.840. The Morgan fingerprint density at radius 1 is 1.17 bits per heavy atom. The summed E-state index contributed by atoms with van der Waals surface area (Å²) in [5, 5.41) is 5.48. The molecule has 23 heavy (non-hydrogen) atoms. The normalized spacial score (nSPS) is 10.5. The molecule has 0 aliphatic rings. The number of anilines is 2. The fourth-order valence-corrected chi connectivity index (χ4v) is 1.97. The lowest BCUT2D eigenvalue weighted by Crippen LogP contribution is -2.21. The van der Waals surface area contributed by atoms with Gasteiger partial charge in [0, 0.05) is 5.69 Å². The van der Waals surface area contributed by atoms with E-state index in [1.54, 1.807) is 0 Å². The Morgan fingerprint density at radius 2 is 1.87 bits per heavy atom. The molecule has 2 rings (SSSR count). The summed E-state index contributed by atoms with van der Waals surface area (Å²) in [4.78, 5) is 11.8. The maximum absolute atomic E-state index is 12.9. The summed E-state index contributed by atoms with van der Waals surface area (Å²) in [6.45, 7) is -3.00. The number of ether oxygens (including phenoxy) is 1. The fourth-order valence-electron chi connectivity index (χ4n) is 1.73. The van der Waals surface area contributed by atoms with Crippen molar-refractivity contribution in [1.82, 2.24) is 0 Å². The monoisotopic (exact) mass is 344 g/mol. The van der Waals surface area contributed by atoms with Gasteiger partial charge in [0.25, 0.3) is 0 Å². The average Bonchev–Trinajstić information content (AvgIpc) is 2.48. The summed E-state index contributed by atoms with van der Waals surface area (Å²) in [5.74, 6) is -0.863. The van der Waals surface area contributed by atoms with E-state index in [0.29, 0.717) is 11.4 Å². The molecule has 0 fully saturated rings. The molecule has 0 heterocycles. The summed E-state index contributed by atoms with van der Waals surface area (Å²) in [7, 11) is 0. The van der Waals surface area contributed by atoms with Crippen LogP contribution in [-0.4, -0.2) is 19.1 Å². The van der Waals surface area contributed by atoms with Gasteiger partial charge in [-0.25, -0.2) is 4.39 Å². The predicted molar refractivity (Wildman–Crippen MR) is 81.6 cm³/mol. The number of carbonyl (C=O) groups excluding carboxylic acids is 1. The van der Waals surface area contributed by atoms with Crippen LogP contribution in [0.4, 0.5) is 24.5 Å². The van der Waals surface area contributed by atoms with E-state index in [9.17, 15) is 18.0 Å². The Balaban J connectivity index is 1.87. The Kier molecular flexibility index (Phi) is 5.70. The van der Waals surface area contributed by atoms with Gasteiger partial charge in [-0.15, -0.1) is 0 Å². The second-order valence-corrected chi connectivity index (χ2v) is 4.84. The smallest absolute Gasteiger partial charge is 0.387 e. The number of alkyl halides is 2. The van der Waals surface area contributed by atoms with Crippen LogP contribution in [0, 0.1) is 5.82 Å². The highest BCUT2D eigenvalue weighted by molar-refractivity contribution is 6.33. The van der Waals surface area contributed by atoms with Crippen molar-refractivity contribution in [2.24, 2.45) is 0 Å². The molecule has 0 saturated heterocycles. The Hall–Kier alpha value is -2.41. The number of carbonyl (C=O) groups is 1. The first kappa shape index (κ1) is 17.0. The standard InChI is InChI=1S/C15H12ClF3N2O2/c16-12-7-9(17)1-6-13(12)20-8-14(22)21-10-2-4-11(5-3-10)23-15(18)19/h1-7,15,20H,8H2,(H,21,22). The maximum atomic E-state index is 12.9. The molecule has 0 aliphatic heterocycles. The van der Waals surface area contributed by atoms with Crippen molar-refractivity contribution >= 4 is 28.9 Å². The van der Waals surface area contributed by atoms with Gasteiger partial charge >= 0.3 is 6.61 Å². The summed E-state index contributed by atoms with van der Waals surface area (Å²) in [6, 6.07) is 9.25. The van der Waals surface area contributed by atoms with Crippen molar-refractivity contribution in [1.29, 1.82) is 0 Å². The van der Waals surface area contributed by atoms with E-state index < -0.39 is 12.4 Å². The van der Waals surface area contributed by atoms with Gasteiger partial charge in [-0.3, -0.25) is 4.79 Å². The van der Waals surface area contributed by atoms with Gasteiger partial charge in [-0.1, -0.05) is 11.6 Å².